The summed E-state index contributed by atoms with van der Waals surface area (Å²) in [6, 6.07) is 16.7. The number of para-hydroxylation sites is 1. The molecule has 0 spiro atoms. The number of aromatic nitrogens is 1. The van der Waals surface area contributed by atoms with E-state index in [9.17, 15) is 9.59 Å². The molecule has 156 valence electrons. The average Bonchev–Trinajstić information content (AvgIpc) is 2.76. The van der Waals surface area contributed by atoms with Gasteiger partial charge in [0.2, 0.25) is 0 Å². The van der Waals surface area contributed by atoms with Crippen molar-refractivity contribution in [3.63, 3.8) is 0 Å². The van der Waals surface area contributed by atoms with E-state index in [0.717, 1.165) is 10.9 Å². The van der Waals surface area contributed by atoms with Crippen LogP contribution in [0.2, 0.25) is 0 Å². The first-order chi connectivity index (χ1) is 14.4. The van der Waals surface area contributed by atoms with Crippen molar-refractivity contribution in [3.05, 3.63) is 65.9 Å². The van der Waals surface area contributed by atoms with Crippen LogP contribution in [0, 0.1) is 5.92 Å². The lowest BCUT2D eigenvalue weighted by Gasteiger charge is -2.21. The number of ether oxygens (including phenoxy) is 1. The molecule has 1 atom stereocenters. The lowest BCUT2D eigenvalue weighted by Crippen LogP contribution is -2.30. The number of fused-ring (bicyclic) bond motifs is 1. The third-order valence-electron chi connectivity index (χ3n) is 4.73. The van der Waals surface area contributed by atoms with Crippen LogP contribution in [0.5, 0.6) is 0 Å². The van der Waals surface area contributed by atoms with E-state index in [1.165, 1.54) is 0 Å². The van der Waals surface area contributed by atoms with Crippen molar-refractivity contribution in [2.24, 2.45) is 5.92 Å². The van der Waals surface area contributed by atoms with E-state index >= 15 is 0 Å². The van der Waals surface area contributed by atoms with Gasteiger partial charge in [0.15, 0.2) is 0 Å². The van der Waals surface area contributed by atoms with Crippen molar-refractivity contribution in [2.75, 3.05) is 13.7 Å². The van der Waals surface area contributed by atoms with E-state index in [1.807, 2.05) is 75.4 Å². The minimum absolute atomic E-state index is 0.205. The van der Waals surface area contributed by atoms with Gasteiger partial charge in [-0.3, -0.25) is 4.79 Å². The molecule has 0 saturated carbocycles. The number of nitrogens with one attached hydrogen (secondary N) is 2. The summed E-state index contributed by atoms with van der Waals surface area (Å²) in [5.74, 6) is 0.0351. The molecule has 0 aliphatic rings. The Kier molecular flexibility index (Phi) is 6.67. The maximum atomic E-state index is 12.9. The fourth-order valence-electron chi connectivity index (χ4n) is 3.33. The summed E-state index contributed by atoms with van der Waals surface area (Å²) in [7, 11) is 1.61. The van der Waals surface area contributed by atoms with Gasteiger partial charge in [0.1, 0.15) is 0 Å². The lowest BCUT2D eigenvalue weighted by molar-refractivity contribution is 0.0965. The molecule has 2 aromatic carbocycles. The third-order valence-corrected chi connectivity index (χ3v) is 4.73. The SMILES string of the molecule is CNC(=O)c1c(-c2ccccc2)c(C(C)NC(=O)OCC(C)C)nc2ccccc12. The molecule has 0 fully saturated rings. The summed E-state index contributed by atoms with van der Waals surface area (Å²) < 4.78 is 5.27. The molecule has 0 aliphatic carbocycles. The number of benzene rings is 2. The summed E-state index contributed by atoms with van der Waals surface area (Å²) in [6.45, 7) is 6.13. The van der Waals surface area contributed by atoms with Crippen molar-refractivity contribution in [2.45, 2.75) is 26.8 Å². The van der Waals surface area contributed by atoms with Crippen LogP contribution >= 0.6 is 0 Å². The van der Waals surface area contributed by atoms with E-state index < -0.39 is 12.1 Å². The molecule has 6 heteroatoms. The second kappa shape index (κ2) is 9.39. The van der Waals surface area contributed by atoms with E-state index in [1.54, 1.807) is 7.05 Å². The first kappa shape index (κ1) is 21.3. The van der Waals surface area contributed by atoms with Gasteiger partial charge in [0, 0.05) is 18.0 Å². The fraction of sp³-hybridized carbons (Fsp3) is 0.292. The van der Waals surface area contributed by atoms with Crippen molar-refractivity contribution in [3.8, 4) is 11.1 Å². The monoisotopic (exact) mass is 405 g/mol. The van der Waals surface area contributed by atoms with Crippen molar-refractivity contribution in [1.82, 2.24) is 15.6 Å². The molecule has 30 heavy (non-hydrogen) atoms. The smallest absolute Gasteiger partial charge is 0.407 e. The summed E-state index contributed by atoms with van der Waals surface area (Å²) in [4.78, 5) is 30.0. The van der Waals surface area contributed by atoms with Crippen LogP contribution in [0.4, 0.5) is 4.79 Å². The van der Waals surface area contributed by atoms with Crippen molar-refractivity contribution in [1.29, 1.82) is 0 Å². The van der Waals surface area contributed by atoms with E-state index in [-0.39, 0.29) is 11.8 Å². The maximum Gasteiger partial charge on any atom is 0.407 e. The van der Waals surface area contributed by atoms with Crippen molar-refractivity contribution < 1.29 is 14.3 Å². The third kappa shape index (κ3) is 4.59. The first-order valence-corrected chi connectivity index (χ1v) is 10.1. The van der Waals surface area contributed by atoms with Gasteiger partial charge in [-0.05, 0) is 24.5 Å². The van der Waals surface area contributed by atoms with Crippen molar-refractivity contribution >= 4 is 22.9 Å². The fourth-order valence-corrected chi connectivity index (χ4v) is 3.33. The highest BCUT2D eigenvalue weighted by Gasteiger charge is 2.25. The minimum atomic E-state index is -0.508. The molecule has 6 nitrogen and oxygen atoms in total. The number of hydrogen-bond acceptors (Lipinski definition) is 4. The molecule has 2 amide bonds. The summed E-state index contributed by atoms with van der Waals surface area (Å²) in [6.07, 6.45) is -0.508. The number of nitrogens with zero attached hydrogens (tertiary/aromatic N) is 1. The molecule has 0 saturated heterocycles. The molecular weight excluding hydrogens is 378 g/mol. The average molecular weight is 405 g/mol. The zero-order valence-corrected chi connectivity index (χ0v) is 17.7. The van der Waals surface area contributed by atoms with Crippen LogP contribution in [-0.2, 0) is 4.74 Å². The van der Waals surface area contributed by atoms with Crippen LogP contribution in [0.3, 0.4) is 0 Å². The highest BCUT2D eigenvalue weighted by atomic mass is 16.5. The summed E-state index contributed by atoms with van der Waals surface area (Å²) in [5, 5.41) is 6.36. The highest BCUT2D eigenvalue weighted by molar-refractivity contribution is 6.12. The van der Waals surface area contributed by atoms with Crippen LogP contribution in [0.1, 0.15) is 42.9 Å². The largest absolute Gasteiger partial charge is 0.449 e. The molecule has 2 N–H and O–H groups in total. The molecule has 1 heterocycles. The van der Waals surface area contributed by atoms with E-state index in [0.29, 0.717) is 28.9 Å². The van der Waals surface area contributed by atoms with Crippen LogP contribution in [0.15, 0.2) is 54.6 Å². The Balaban J connectivity index is 2.17. The Morgan fingerprint density at radius 1 is 1.00 bits per heavy atom. The molecule has 0 bridgehead atoms. The Morgan fingerprint density at radius 2 is 1.67 bits per heavy atom. The number of rotatable bonds is 6. The van der Waals surface area contributed by atoms with Gasteiger partial charge in [-0.1, -0.05) is 62.4 Å². The number of hydrogen-bond donors (Lipinski definition) is 2. The van der Waals surface area contributed by atoms with Gasteiger partial charge >= 0.3 is 6.09 Å². The highest BCUT2D eigenvalue weighted by Crippen LogP contribution is 2.35. The second-order valence-corrected chi connectivity index (χ2v) is 7.57. The number of amides is 2. The molecule has 3 aromatic rings. The zero-order valence-electron chi connectivity index (χ0n) is 17.7. The quantitative estimate of drug-likeness (QED) is 0.623. The van der Waals surface area contributed by atoms with Gasteiger partial charge in [-0.25, -0.2) is 9.78 Å². The number of carbonyl (C=O) groups is 2. The molecule has 1 aromatic heterocycles. The van der Waals surface area contributed by atoms with Crippen LogP contribution in [0.25, 0.3) is 22.0 Å². The minimum Gasteiger partial charge on any atom is -0.449 e. The number of carbonyl (C=O) groups excluding carboxylic acids is 2. The summed E-state index contributed by atoms with van der Waals surface area (Å²) >= 11 is 0. The summed E-state index contributed by atoms with van der Waals surface area (Å²) in [5.41, 5.74) is 3.39. The van der Waals surface area contributed by atoms with Crippen LogP contribution in [-0.4, -0.2) is 30.6 Å². The normalized spacial score (nSPS) is 11.9. The predicted molar refractivity (Wildman–Crippen MR) is 118 cm³/mol. The van der Waals surface area contributed by atoms with Gasteiger partial charge in [-0.15, -0.1) is 0 Å². The Bertz CT molecular complexity index is 1050. The molecule has 1 unspecified atom stereocenters. The topological polar surface area (TPSA) is 80.3 Å². The van der Waals surface area contributed by atoms with Crippen LogP contribution < -0.4 is 10.6 Å². The van der Waals surface area contributed by atoms with E-state index in [4.69, 9.17) is 9.72 Å². The Hall–Kier alpha value is -3.41. The van der Waals surface area contributed by atoms with Gasteiger partial charge in [0.05, 0.1) is 29.4 Å². The second-order valence-electron chi connectivity index (χ2n) is 7.57. The maximum absolute atomic E-state index is 12.9. The molecule has 3 rings (SSSR count). The Labute approximate surface area is 176 Å². The van der Waals surface area contributed by atoms with E-state index in [2.05, 4.69) is 10.6 Å². The van der Waals surface area contributed by atoms with Gasteiger partial charge < -0.3 is 15.4 Å². The first-order valence-electron chi connectivity index (χ1n) is 10.1. The predicted octanol–water partition coefficient (Wildman–Crippen LogP) is 4.70. The molecular formula is C24H27N3O3. The molecule has 0 aliphatic heterocycles. The zero-order chi connectivity index (χ0) is 21.7. The lowest BCUT2D eigenvalue weighted by atomic mass is 9.91. The number of alkyl carbamates (subject to hydrolysis) is 1. The van der Waals surface area contributed by atoms with Gasteiger partial charge in [0.25, 0.3) is 5.91 Å². The number of pyridine rings is 1. The molecule has 0 radical (unpaired) electrons. The Morgan fingerprint density at radius 3 is 2.33 bits per heavy atom. The van der Waals surface area contributed by atoms with Gasteiger partial charge in [-0.2, -0.15) is 0 Å². The standard InChI is InChI=1S/C24H27N3O3/c1-15(2)14-30-24(29)26-16(3)22-20(17-10-6-5-7-11-17)21(23(28)25-4)18-12-8-9-13-19(18)27-22/h5-13,15-16H,14H2,1-4H3,(H,25,28)(H,26,29).